The number of alkyl halides is 3. The number of carbonyl (C=O) groups is 1. The average Bonchev–Trinajstić information content (AvgIpc) is 2.52. The quantitative estimate of drug-likeness (QED) is 0.832. The van der Waals surface area contributed by atoms with Crippen LogP contribution in [-0.4, -0.2) is 18.0 Å². The third-order valence-corrected chi connectivity index (χ3v) is 3.08. The molecule has 0 saturated heterocycles. The largest absolute Gasteiger partial charge is 0.497 e. The molecule has 0 saturated carbocycles. The summed E-state index contributed by atoms with van der Waals surface area (Å²) in [5.74, 6) is -0.138. The highest BCUT2D eigenvalue weighted by Crippen LogP contribution is 2.32. The van der Waals surface area contributed by atoms with Gasteiger partial charge in [0.1, 0.15) is 5.75 Å². The van der Waals surface area contributed by atoms with Gasteiger partial charge in [-0.15, -0.1) is 0 Å². The lowest BCUT2D eigenvalue weighted by atomic mass is 10.2. The van der Waals surface area contributed by atoms with Crippen molar-refractivity contribution in [3.05, 3.63) is 52.7 Å². The minimum atomic E-state index is -4.54. The SMILES string of the molecule is COc1cccc(C(=O)NNc2ncc(C(F)(F)F)cc2Cl)c1. The normalized spacial score (nSPS) is 11.0. The Morgan fingerprint density at radius 3 is 2.65 bits per heavy atom. The predicted octanol–water partition coefficient (Wildman–Crippen LogP) is 3.52. The standard InChI is InChI=1S/C14H11ClF3N3O2/c1-23-10-4-2-3-8(5-10)13(22)21-20-12-11(15)6-9(7-19-12)14(16,17)18/h2-7H,1H3,(H,19,20)(H,21,22). The van der Waals surface area contributed by atoms with Crippen molar-refractivity contribution in [3.63, 3.8) is 0 Å². The summed E-state index contributed by atoms with van der Waals surface area (Å²) in [5.41, 5.74) is 3.98. The number of carbonyl (C=O) groups excluding carboxylic acids is 1. The minimum Gasteiger partial charge on any atom is -0.497 e. The molecular weight excluding hydrogens is 335 g/mol. The number of amides is 1. The molecule has 0 spiro atoms. The summed E-state index contributed by atoms with van der Waals surface area (Å²) in [4.78, 5) is 15.5. The second kappa shape index (κ2) is 6.74. The molecule has 0 bridgehead atoms. The molecule has 0 aliphatic rings. The van der Waals surface area contributed by atoms with Crippen LogP contribution in [0.2, 0.25) is 5.02 Å². The maximum Gasteiger partial charge on any atom is 0.417 e. The van der Waals surface area contributed by atoms with Crippen LogP contribution in [0.4, 0.5) is 19.0 Å². The highest BCUT2D eigenvalue weighted by Gasteiger charge is 2.31. The molecule has 9 heteroatoms. The van der Waals surface area contributed by atoms with Gasteiger partial charge in [0.2, 0.25) is 0 Å². The first-order valence-electron chi connectivity index (χ1n) is 6.24. The van der Waals surface area contributed by atoms with E-state index in [0.717, 1.165) is 0 Å². The van der Waals surface area contributed by atoms with E-state index in [1.54, 1.807) is 18.2 Å². The van der Waals surface area contributed by atoms with E-state index in [4.69, 9.17) is 16.3 Å². The van der Waals surface area contributed by atoms with Crippen molar-refractivity contribution in [1.82, 2.24) is 10.4 Å². The number of nitrogens with zero attached hydrogens (tertiary/aromatic N) is 1. The van der Waals surface area contributed by atoms with Crippen LogP contribution in [0.3, 0.4) is 0 Å². The summed E-state index contributed by atoms with van der Waals surface area (Å²) < 4.78 is 42.5. The number of aromatic nitrogens is 1. The first-order valence-corrected chi connectivity index (χ1v) is 6.62. The zero-order valence-corrected chi connectivity index (χ0v) is 12.5. The monoisotopic (exact) mass is 345 g/mol. The van der Waals surface area contributed by atoms with Crippen LogP contribution in [0.1, 0.15) is 15.9 Å². The molecular formula is C14H11ClF3N3O2. The molecule has 2 aromatic rings. The number of benzene rings is 1. The molecule has 23 heavy (non-hydrogen) atoms. The number of hydrogen-bond donors (Lipinski definition) is 2. The lowest BCUT2D eigenvalue weighted by molar-refractivity contribution is -0.137. The van der Waals surface area contributed by atoms with Crippen molar-refractivity contribution >= 4 is 23.3 Å². The van der Waals surface area contributed by atoms with E-state index >= 15 is 0 Å². The third-order valence-electron chi connectivity index (χ3n) is 2.79. The van der Waals surface area contributed by atoms with Gasteiger partial charge in [-0.25, -0.2) is 4.98 Å². The fraction of sp³-hybridized carbons (Fsp3) is 0.143. The van der Waals surface area contributed by atoms with Crippen molar-refractivity contribution in [1.29, 1.82) is 0 Å². The van der Waals surface area contributed by atoms with E-state index in [1.807, 2.05) is 0 Å². The van der Waals surface area contributed by atoms with Crippen LogP contribution < -0.4 is 15.6 Å². The van der Waals surface area contributed by atoms with Crippen LogP contribution in [0.5, 0.6) is 5.75 Å². The van der Waals surface area contributed by atoms with Gasteiger partial charge in [-0.05, 0) is 24.3 Å². The van der Waals surface area contributed by atoms with Gasteiger partial charge < -0.3 is 4.74 Å². The molecule has 1 amide bonds. The van der Waals surface area contributed by atoms with Gasteiger partial charge in [0.15, 0.2) is 5.82 Å². The van der Waals surface area contributed by atoms with Crippen molar-refractivity contribution in [2.75, 3.05) is 12.5 Å². The molecule has 0 atom stereocenters. The van der Waals surface area contributed by atoms with E-state index in [2.05, 4.69) is 15.8 Å². The van der Waals surface area contributed by atoms with Crippen molar-refractivity contribution in [2.24, 2.45) is 0 Å². The molecule has 2 N–H and O–H groups in total. The third kappa shape index (κ3) is 4.26. The van der Waals surface area contributed by atoms with Crippen molar-refractivity contribution in [3.8, 4) is 5.75 Å². The first kappa shape index (κ1) is 16.9. The molecule has 1 aromatic heterocycles. The van der Waals surface area contributed by atoms with Crippen LogP contribution >= 0.6 is 11.6 Å². The lowest BCUT2D eigenvalue weighted by Gasteiger charge is -2.12. The van der Waals surface area contributed by atoms with Gasteiger partial charge in [-0.2, -0.15) is 13.2 Å². The Morgan fingerprint density at radius 1 is 1.30 bits per heavy atom. The number of halogens is 4. The first-order chi connectivity index (χ1) is 10.8. The number of anilines is 1. The Morgan fingerprint density at radius 2 is 2.04 bits per heavy atom. The maximum atomic E-state index is 12.5. The van der Waals surface area contributed by atoms with Gasteiger partial charge in [0, 0.05) is 11.8 Å². The van der Waals surface area contributed by atoms with Gasteiger partial charge >= 0.3 is 6.18 Å². The van der Waals surface area contributed by atoms with Gasteiger partial charge in [-0.3, -0.25) is 15.6 Å². The molecule has 0 radical (unpaired) electrons. The Labute approximate surface area is 134 Å². The predicted molar refractivity (Wildman–Crippen MR) is 78.3 cm³/mol. The average molecular weight is 346 g/mol. The molecule has 1 aromatic carbocycles. The van der Waals surface area contributed by atoms with E-state index in [9.17, 15) is 18.0 Å². The second-order valence-corrected chi connectivity index (χ2v) is 4.77. The molecule has 0 aliphatic heterocycles. The van der Waals surface area contributed by atoms with Crippen molar-refractivity contribution < 1.29 is 22.7 Å². The van der Waals surface area contributed by atoms with Gasteiger partial charge in [0.25, 0.3) is 5.91 Å². The zero-order valence-electron chi connectivity index (χ0n) is 11.7. The molecule has 0 unspecified atom stereocenters. The Balaban J connectivity index is 2.07. The van der Waals surface area contributed by atoms with Crippen LogP contribution in [0, 0.1) is 0 Å². The second-order valence-electron chi connectivity index (χ2n) is 4.36. The van der Waals surface area contributed by atoms with Crippen LogP contribution in [-0.2, 0) is 6.18 Å². The zero-order chi connectivity index (χ0) is 17.0. The Kier molecular flexibility index (Phi) is 4.95. The molecule has 122 valence electrons. The summed E-state index contributed by atoms with van der Waals surface area (Å²) in [6, 6.07) is 7.05. The van der Waals surface area contributed by atoms with Gasteiger partial charge in [-0.1, -0.05) is 17.7 Å². The van der Waals surface area contributed by atoms with E-state index in [0.29, 0.717) is 23.6 Å². The number of ether oxygens (including phenoxy) is 1. The van der Waals surface area contributed by atoms with Crippen molar-refractivity contribution in [2.45, 2.75) is 6.18 Å². The smallest absolute Gasteiger partial charge is 0.417 e. The highest BCUT2D eigenvalue weighted by atomic mass is 35.5. The van der Waals surface area contributed by atoms with Gasteiger partial charge in [0.05, 0.1) is 17.7 Å². The number of rotatable bonds is 4. The molecule has 1 heterocycles. The maximum absolute atomic E-state index is 12.5. The number of nitrogens with one attached hydrogen (secondary N) is 2. The summed E-state index contributed by atoms with van der Waals surface area (Å²) in [6.45, 7) is 0. The van der Waals surface area contributed by atoms with E-state index in [-0.39, 0.29) is 10.8 Å². The summed E-state index contributed by atoms with van der Waals surface area (Å²) in [7, 11) is 1.46. The van der Waals surface area contributed by atoms with E-state index in [1.165, 1.54) is 13.2 Å². The highest BCUT2D eigenvalue weighted by molar-refractivity contribution is 6.33. The Bertz CT molecular complexity index is 723. The lowest BCUT2D eigenvalue weighted by Crippen LogP contribution is -2.30. The summed E-state index contributed by atoms with van der Waals surface area (Å²) in [5, 5.41) is -0.272. The fourth-order valence-corrected chi connectivity index (χ4v) is 1.85. The van der Waals surface area contributed by atoms with Crippen LogP contribution in [0.25, 0.3) is 0 Å². The summed E-state index contributed by atoms with van der Waals surface area (Å²) in [6.07, 6.45) is -3.93. The Hall–Kier alpha value is -2.48. The number of hydrazine groups is 1. The molecule has 2 rings (SSSR count). The fourth-order valence-electron chi connectivity index (χ4n) is 1.64. The number of hydrogen-bond acceptors (Lipinski definition) is 4. The minimum absolute atomic E-state index is 0.101. The summed E-state index contributed by atoms with van der Waals surface area (Å²) >= 11 is 5.72. The molecule has 0 aliphatic carbocycles. The van der Waals surface area contributed by atoms with E-state index < -0.39 is 17.6 Å². The topological polar surface area (TPSA) is 63.2 Å². The van der Waals surface area contributed by atoms with Crippen LogP contribution in [0.15, 0.2) is 36.5 Å². The number of methoxy groups -OCH3 is 1. The number of pyridine rings is 1. The molecule has 0 fully saturated rings. The molecule has 5 nitrogen and oxygen atoms in total.